The van der Waals surface area contributed by atoms with Crippen molar-refractivity contribution < 1.29 is 4.79 Å². The van der Waals surface area contributed by atoms with Crippen molar-refractivity contribution in [3.63, 3.8) is 0 Å². The highest BCUT2D eigenvalue weighted by molar-refractivity contribution is 5.94. The second kappa shape index (κ2) is 6.86. The zero-order chi connectivity index (χ0) is 17.2. The summed E-state index contributed by atoms with van der Waals surface area (Å²) in [6.45, 7) is 5.70. The van der Waals surface area contributed by atoms with Crippen LogP contribution in [-0.4, -0.2) is 51.8 Å². The molecule has 2 aliphatic heterocycles. The molecule has 2 fully saturated rings. The summed E-state index contributed by atoms with van der Waals surface area (Å²) < 4.78 is 2.00. The second-order valence-electron chi connectivity index (χ2n) is 7.14. The van der Waals surface area contributed by atoms with Crippen LogP contribution in [0.25, 0.3) is 0 Å². The molecule has 0 aliphatic carbocycles. The number of carbonyl (C=O) groups is 1. The molecule has 6 heteroatoms. The highest BCUT2D eigenvalue weighted by Crippen LogP contribution is 2.23. The van der Waals surface area contributed by atoms with Crippen LogP contribution in [0.5, 0.6) is 0 Å². The maximum absolute atomic E-state index is 12.9. The van der Waals surface area contributed by atoms with Crippen LogP contribution < -0.4 is 4.90 Å². The molecule has 0 bridgehead atoms. The number of hydrogen-bond donors (Lipinski definition) is 0. The molecular formula is C19H25N5O. The van der Waals surface area contributed by atoms with Crippen molar-refractivity contribution in [2.24, 2.45) is 0 Å². The van der Waals surface area contributed by atoms with Crippen molar-refractivity contribution in [2.45, 2.75) is 38.6 Å². The Bertz CT molecular complexity index is 733. The smallest absolute Gasteiger partial charge is 0.255 e. The first-order chi connectivity index (χ1) is 12.2. The van der Waals surface area contributed by atoms with E-state index in [2.05, 4.69) is 21.2 Å². The summed E-state index contributed by atoms with van der Waals surface area (Å²) in [4.78, 5) is 21.6. The molecule has 6 nitrogen and oxygen atoms in total. The number of anilines is 1. The maximum atomic E-state index is 12.9. The maximum Gasteiger partial charge on any atom is 0.255 e. The van der Waals surface area contributed by atoms with E-state index in [4.69, 9.17) is 0 Å². The molecule has 1 atom stereocenters. The van der Waals surface area contributed by atoms with E-state index >= 15 is 0 Å². The van der Waals surface area contributed by atoms with Crippen LogP contribution in [0, 0.1) is 6.92 Å². The molecular weight excluding hydrogens is 314 g/mol. The number of hydrogen-bond acceptors (Lipinski definition) is 4. The van der Waals surface area contributed by atoms with Gasteiger partial charge in [0.05, 0.1) is 17.8 Å². The molecule has 0 spiro atoms. The Labute approximate surface area is 148 Å². The second-order valence-corrected chi connectivity index (χ2v) is 7.14. The summed E-state index contributed by atoms with van der Waals surface area (Å²) in [6, 6.07) is 4.17. The topological polar surface area (TPSA) is 54.3 Å². The van der Waals surface area contributed by atoms with E-state index in [-0.39, 0.29) is 11.9 Å². The van der Waals surface area contributed by atoms with Gasteiger partial charge >= 0.3 is 0 Å². The summed E-state index contributed by atoms with van der Waals surface area (Å²) >= 11 is 0. The Morgan fingerprint density at radius 3 is 2.64 bits per heavy atom. The predicted octanol–water partition coefficient (Wildman–Crippen LogP) is 2.66. The standard InChI is InChI=1S/C19H25N5O/c1-15-11-21-24(13-15)17-5-4-10-23(14-17)19(25)16-6-7-18(20-12-16)22-8-2-3-9-22/h6-7,11-13,17H,2-5,8-10,14H2,1H3/t17-/m1/s1. The number of likely N-dealkylation sites (tertiary alicyclic amines) is 1. The predicted molar refractivity (Wildman–Crippen MR) is 96.8 cm³/mol. The van der Waals surface area contributed by atoms with Crippen molar-refractivity contribution in [2.75, 3.05) is 31.1 Å². The van der Waals surface area contributed by atoms with Gasteiger partial charge in [0.1, 0.15) is 5.82 Å². The molecule has 0 N–H and O–H groups in total. The van der Waals surface area contributed by atoms with Gasteiger partial charge in [-0.2, -0.15) is 5.10 Å². The number of aryl methyl sites for hydroxylation is 1. The number of nitrogens with zero attached hydrogens (tertiary/aromatic N) is 5. The van der Waals surface area contributed by atoms with E-state index < -0.39 is 0 Å². The Kier molecular flexibility index (Phi) is 4.42. The van der Waals surface area contributed by atoms with Gasteiger partial charge in [-0.05, 0) is 50.3 Å². The molecule has 0 aromatic carbocycles. The Hall–Kier alpha value is -2.37. The van der Waals surface area contributed by atoms with Crippen LogP contribution in [0.15, 0.2) is 30.7 Å². The van der Waals surface area contributed by atoms with E-state index in [0.717, 1.165) is 43.9 Å². The fourth-order valence-electron chi connectivity index (χ4n) is 3.82. The van der Waals surface area contributed by atoms with Crippen molar-refractivity contribution in [3.05, 3.63) is 41.9 Å². The first-order valence-corrected chi connectivity index (χ1v) is 9.22. The highest BCUT2D eigenvalue weighted by atomic mass is 16.2. The third kappa shape index (κ3) is 3.38. The molecule has 2 aliphatic rings. The van der Waals surface area contributed by atoms with Gasteiger partial charge in [-0.3, -0.25) is 9.48 Å². The van der Waals surface area contributed by atoms with Crippen LogP contribution in [0.3, 0.4) is 0 Å². The lowest BCUT2D eigenvalue weighted by Crippen LogP contribution is -2.40. The van der Waals surface area contributed by atoms with Crippen LogP contribution in [0.4, 0.5) is 5.82 Å². The quantitative estimate of drug-likeness (QED) is 0.863. The molecule has 4 heterocycles. The summed E-state index contributed by atoms with van der Waals surface area (Å²) in [5.74, 6) is 1.06. The third-order valence-corrected chi connectivity index (χ3v) is 5.21. The van der Waals surface area contributed by atoms with E-state index in [1.165, 1.54) is 12.8 Å². The van der Waals surface area contributed by atoms with Crippen LogP contribution in [0.1, 0.15) is 47.6 Å². The first-order valence-electron chi connectivity index (χ1n) is 9.22. The summed E-state index contributed by atoms with van der Waals surface area (Å²) in [7, 11) is 0. The number of amides is 1. The average molecular weight is 339 g/mol. The average Bonchev–Trinajstić information content (AvgIpc) is 3.33. The first kappa shape index (κ1) is 16.1. The number of carbonyl (C=O) groups excluding carboxylic acids is 1. The zero-order valence-electron chi connectivity index (χ0n) is 14.8. The molecule has 0 saturated carbocycles. The Balaban J connectivity index is 1.44. The monoisotopic (exact) mass is 339 g/mol. The summed E-state index contributed by atoms with van der Waals surface area (Å²) in [5, 5.41) is 4.42. The number of aromatic nitrogens is 3. The lowest BCUT2D eigenvalue weighted by atomic mass is 10.0. The fourth-order valence-corrected chi connectivity index (χ4v) is 3.82. The number of pyridine rings is 1. The molecule has 2 aromatic heterocycles. The summed E-state index contributed by atoms with van der Waals surface area (Å²) in [5.41, 5.74) is 1.84. The molecule has 25 heavy (non-hydrogen) atoms. The normalized spacial score (nSPS) is 20.9. The third-order valence-electron chi connectivity index (χ3n) is 5.21. The van der Waals surface area contributed by atoms with Gasteiger partial charge in [0.25, 0.3) is 5.91 Å². The molecule has 2 saturated heterocycles. The lowest BCUT2D eigenvalue weighted by Gasteiger charge is -2.33. The van der Waals surface area contributed by atoms with Gasteiger partial charge in [-0.15, -0.1) is 0 Å². The minimum atomic E-state index is 0.0778. The van der Waals surface area contributed by atoms with Crippen molar-refractivity contribution in [3.8, 4) is 0 Å². The van der Waals surface area contributed by atoms with Gasteiger partial charge in [0, 0.05) is 38.6 Å². The summed E-state index contributed by atoms with van der Waals surface area (Å²) in [6.07, 6.45) is 10.2. The number of rotatable bonds is 3. The van der Waals surface area contributed by atoms with Crippen LogP contribution in [-0.2, 0) is 0 Å². The van der Waals surface area contributed by atoms with Gasteiger partial charge in [-0.1, -0.05) is 0 Å². The van der Waals surface area contributed by atoms with E-state index in [0.29, 0.717) is 12.1 Å². The molecule has 2 aromatic rings. The van der Waals surface area contributed by atoms with Crippen molar-refractivity contribution >= 4 is 11.7 Å². The minimum absolute atomic E-state index is 0.0778. The van der Waals surface area contributed by atoms with Gasteiger partial charge < -0.3 is 9.80 Å². The molecule has 132 valence electrons. The van der Waals surface area contributed by atoms with Crippen molar-refractivity contribution in [1.82, 2.24) is 19.7 Å². The number of piperidine rings is 1. The Morgan fingerprint density at radius 2 is 1.96 bits per heavy atom. The molecule has 0 unspecified atom stereocenters. The van der Waals surface area contributed by atoms with Crippen molar-refractivity contribution in [1.29, 1.82) is 0 Å². The minimum Gasteiger partial charge on any atom is -0.357 e. The molecule has 0 radical (unpaired) electrons. The molecule has 4 rings (SSSR count). The SMILES string of the molecule is Cc1cnn([C@@H]2CCCN(C(=O)c3ccc(N4CCCC4)nc3)C2)c1. The van der Waals surface area contributed by atoms with Gasteiger partial charge in [0.2, 0.25) is 0 Å². The van der Waals surface area contributed by atoms with Gasteiger partial charge in [-0.25, -0.2) is 4.98 Å². The Morgan fingerprint density at radius 1 is 1.12 bits per heavy atom. The fraction of sp³-hybridized carbons (Fsp3) is 0.526. The highest BCUT2D eigenvalue weighted by Gasteiger charge is 2.26. The largest absolute Gasteiger partial charge is 0.357 e. The molecule has 1 amide bonds. The van der Waals surface area contributed by atoms with E-state index in [1.54, 1.807) is 6.20 Å². The van der Waals surface area contributed by atoms with E-state index in [1.807, 2.05) is 34.8 Å². The zero-order valence-corrected chi connectivity index (χ0v) is 14.8. The van der Waals surface area contributed by atoms with E-state index in [9.17, 15) is 4.79 Å². The lowest BCUT2D eigenvalue weighted by molar-refractivity contribution is 0.0672. The van der Waals surface area contributed by atoms with Gasteiger partial charge in [0.15, 0.2) is 0 Å². The van der Waals surface area contributed by atoms with Crippen LogP contribution >= 0.6 is 0 Å². The van der Waals surface area contributed by atoms with Crippen LogP contribution in [0.2, 0.25) is 0 Å².